The van der Waals surface area contributed by atoms with Crippen molar-refractivity contribution in [1.29, 1.82) is 0 Å². The first-order chi connectivity index (χ1) is 17.3. The van der Waals surface area contributed by atoms with E-state index in [4.69, 9.17) is 0 Å². The first-order valence-corrected chi connectivity index (χ1v) is 11.8. The van der Waals surface area contributed by atoms with Crippen LogP contribution in [0.5, 0.6) is 0 Å². The van der Waals surface area contributed by atoms with Crippen LogP contribution in [0.2, 0.25) is 0 Å². The van der Waals surface area contributed by atoms with Gasteiger partial charge in [-0.2, -0.15) is 0 Å². The third-order valence-corrected chi connectivity index (χ3v) is 6.35. The molecule has 3 aromatic rings. The lowest BCUT2D eigenvalue weighted by Gasteiger charge is -2.30. The molecular weight excluding hydrogens is 472 g/mol. The molecule has 2 aromatic carbocycles. The highest BCUT2D eigenvalue weighted by Gasteiger charge is 2.23. The predicted molar refractivity (Wildman–Crippen MR) is 133 cm³/mol. The van der Waals surface area contributed by atoms with E-state index in [1.54, 1.807) is 11.0 Å². The predicted octanol–water partition coefficient (Wildman–Crippen LogP) is 5.14. The molecule has 2 N–H and O–H groups in total. The van der Waals surface area contributed by atoms with Crippen molar-refractivity contribution in [1.82, 2.24) is 15.3 Å². The maximum absolute atomic E-state index is 15.0. The maximum Gasteiger partial charge on any atom is 0.228 e. The molecule has 1 aromatic heterocycles. The second-order valence-electron chi connectivity index (χ2n) is 9.08. The van der Waals surface area contributed by atoms with Gasteiger partial charge in [-0.1, -0.05) is 6.08 Å². The van der Waals surface area contributed by atoms with Crippen LogP contribution < -0.4 is 20.4 Å². The van der Waals surface area contributed by atoms with Crippen LogP contribution in [0, 0.1) is 23.3 Å². The Balaban J connectivity index is 1.47. The zero-order valence-electron chi connectivity index (χ0n) is 20.0. The van der Waals surface area contributed by atoms with Crippen molar-refractivity contribution in [3.05, 3.63) is 71.6 Å². The molecule has 0 unspecified atom stereocenters. The van der Waals surface area contributed by atoms with Crippen LogP contribution in [0.4, 0.5) is 40.6 Å². The number of fused-ring (bicyclic) bond motifs is 1. The van der Waals surface area contributed by atoms with Crippen molar-refractivity contribution in [2.24, 2.45) is 0 Å². The quantitative estimate of drug-likeness (QED) is 0.476. The van der Waals surface area contributed by atoms with Crippen LogP contribution in [0.1, 0.15) is 19.4 Å². The molecular formula is C26H26F4N6. The molecule has 36 heavy (non-hydrogen) atoms. The van der Waals surface area contributed by atoms with Gasteiger partial charge in [0.25, 0.3) is 0 Å². The summed E-state index contributed by atoms with van der Waals surface area (Å²) in [7, 11) is 0. The van der Waals surface area contributed by atoms with Crippen LogP contribution in [0.25, 0.3) is 11.3 Å². The van der Waals surface area contributed by atoms with Crippen LogP contribution in [-0.4, -0.2) is 42.2 Å². The Labute approximate surface area is 206 Å². The van der Waals surface area contributed by atoms with E-state index in [9.17, 15) is 17.6 Å². The number of benzene rings is 2. The summed E-state index contributed by atoms with van der Waals surface area (Å²) in [5, 5.41) is 5.80. The highest BCUT2D eigenvalue weighted by Crippen LogP contribution is 2.35. The van der Waals surface area contributed by atoms with E-state index in [1.807, 2.05) is 31.0 Å². The fourth-order valence-corrected chi connectivity index (χ4v) is 4.54. The molecule has 1 saturated heterocycles. The minimum atomic E-state index is -0.761. The molecule has 188 valence electrons. The summed E-state index contributed by atoms with van der Waals surface area (Å²) in [5.74, 6) is -2.66. The summed E-state index contributed by atoms with van der Waals surface area (Å²) in [6.45, 7) is 6.43. The number of rotatable bonds is 5. The molecule has 0 radical (unpaired) electrons. The van der Waals surface area contributed by atoms with Gasteiger partial charge >= 0.3 is 0 Å². The average Bonchev–Trinajstić information content (AvgIpc) is 2.87. The highest BCUT2D eigenvalue weighted by molar-refractivity contribution is 5.72. The standard InChI is InChI=1S/C26H26F4N6/c1-15(2)36-7-3-4-17-18(27)10-16(11-23(17)36)25-21(30)14-32-26(34-25)33-22-12-20(29)24(13-19(22)28)35-8-5-31-6-9-35/h3,7,10-15,31H,4-6,8-9H2,1-2H3,(H,32,33,34). The molecule has 0 atom stereocenters. The summed E-state index contributed by atoms with van der Waals surface area (Å²) >= 11 is 0. The van der Waals surface area contributed by atoms with Gasteiger partial charge in [-0.05, 0) is 32.4 Å². The van der Waals surface area contributed by atoms with E-state index in [1.165, 1.54) is 6.07 Å². The number of halogens is 4. The number of hydrogen-bond acceptors (Lipinski definition) is 6. The molecule has 0 aliphatic carbocycles. The largest absolute Gasteiger partial charge is 0.367 e. The van der Waals surface area contributed by atoms with E-state index in [0.29, 0.717) is 43.9 Å². The topological polar surface area (TPSA) is 56.3 Å². The van der Waals surface area contributed by atoms with Gasteiger partial charge in [-0.25, -0.2) is 27.5 Å². The van der Waals surface area contributed by atoms with E-state index in [0.717, 1.165) is 18.3 Å². The van der Waals surface area contributed by atoms with Gasteiger partial charge in [-0.3, -0.25) is 0 Å². The van der Waals surface area contributed by atoms with E-state index in [-0.39, 0.29) is 34.6 Å². The molecule has 10 heteroatoms. The zero-order chi connectivity index (χ0) is 25.4. The summed E-state index contributed by atoms with van der Waals surface area (Å²) < 4.78 is 59.4. The number of nitrogens with zero attached hydrogens (tertiary/aromatic N) is 4. The maximum atomic E-state index is 15.0. The number of anilines is 4. The number of nitrogens with one attached hydrogen (secondary N) is 2. The Morgan fingerprint density at radius 2 is 1.69 bits per heavy atom. The molecule has 6 nitrogen and oxygen atoms in total. The van der Waals surface area contributed by atoms with Crippen molar-refractivity contribution < 1.29 is 17.6 Å². The first kappa shape index (κ1) is 24.1. The van der Waals surface area contributed by atoms with E-state index in [2.05, 4.69) is 20.6 Å². The van der Waals surface area contributed by atoms with Crippen molar-refractivity contribution in [2.75, 3.05) is 41.3 Å². The number of aromatic nitrogens is 2. The Kier molecular flexibility index (Phi) is 6.53. The molecule has 2 aliphatic rings. The number of hydrogen-bond donors (Lipinski definition) is 2. The Bertz CT molecular complexity index is 1320. The van der Waals surface area contributed by atoms with Crippen LogP contribution in [0.3, 0.4) is 0 Å². The number of piperazine rings is 1. The monoisotopic (exact) mass is 498 g/mol. The van der Waals surface area contributed by atoms with Gasteiger partial charge in [0.2, 0.25) is 5.95 Å². The van der Waals surface area contributed by atoms with Crippen LogP contribution in [-0.2, 0) is 6.42 Å². The zero-order valence-corrected chi connectivity index (χ0v) is 20.0. The summed E-state index contributed by atoms with van der Waals surface area (Å²) in [6, 6.07) is 5.13. The molecule has 0 spiro atoms. The Hall–Kier alpha value is -3.66. The van der Waals surface area contributed by atoms with Gasteiger partial charge in [0.05, 0.1) is 17.6 Å². The summed E-state index contributed by atoms with van der Waals surface area (Å²) in [6.07, 6.45) is 5.10. The van der Waals surface area contributed by atoms with Crippen molar-refractivity contribution in [2.45, 2.75) is 26.3 Å². The summed E-state index contributed by atoms with van der Waals surface area (Å²) in [5.41, 5.74) is 1.21. The van der Waals surface area contributed by atoms with Crippen LogP contribution >= 0.6 is 0 Å². The van der Waals surface area contributed by atoms with Gasteiger partial charge in [0, 0.05) is 67.4 Å². The third-order valence-electron chi connectivity index (χ3n) is 6.35. The second-order valence-corrected chi connectivity index (χ2v) is 9.08. The first-order valence-electron chi connectivity index (χ1n) is 11.8. The smallest absolute Gasteiger partial charge is 0.228 e. The molecule has 1 fully saturated rings. The normalized spacial score (nSPS) is 15.4. The van der Waals surface area contributed by atoms with E-state index >= 15 is 0 Å². The Morgan fingerprint density at radius 3 is 2.44 bits per heavy atom. The number of allylic oxidation sites excluding steroid dienone is 1. The average molecular weight is 499 g/mol. The van der Waals surface area contributed by atoms with Gasteiger partial charge in [0.1, 0.15) is 23.1 Å². The molecule has 0 amide bonds. The molecule has 0 bridgehead atoms. The van der Waals surface area contributed by atoms with E-state index < -0.39 is 23.3 Å². The lowest BCUT2D eigenvalue weighted by atomic mass is 9.99. The molecule has 2 aliphatic heterocycles. The fraction of sp³-hybridized carbons (Fsp3) is 0.308. The molecule has 0 saturated carbocycles. The molecule has 5 rings (SSSR count). The minimum absolute atomic E-state index is 0.0597. The lowest BCUT2D eigenvalue weighted by Crippen LogP contribution is -2.43. The van der Waals surface area contributed by atoms with Gasteiger partial charge in [-0.15, -0.1) is 0 Å². The minimum Gasteiger partial charge on any atom is -0.367 e. The van der Waals surface area contributed by atoms with Crippen LogP contribution in [0.15, 0.2) is 42.7 Å². The van der Waals surface area contributed by atoms with Crippen molar-refractivity contribution in [3.8, 4) is 11.3 Å². The van der Waals surface area contributed by atoms with Gasteiger partial charge in [0.15, 0.2) is 5.82 Å². The summed E-state index contributed by atoms with van der Waals surface area (Å²) in [4.78, 5) is 11.7. The fourth-order valence-electron chi connectivity index (χ4n) is 4.54. The third kappa shape index (κ3) is 4.60. The molecule has 3 heterocycles. The van der Waals surface area contributed by atoms with Crippen molar-refractivity contribution in [3.63, 3.8) is 0 Å². The lowest BCUT2D eigenvalue weighted by molar-refractivity contribution is 0.559. The second kappa shape index (κ2) is 9.77. The van der Waals surface area contributed by atoms with Gasteiger partial charge < -0.3 is 20.4 Å². The Morgan fingerprint density at radius 1 is 0.917 bits per heavy atom. The SMILES string of the molecule is CC(C)N1C=CCc2c(F)cc(-c3nc(Nc4cc(F)c(N5CCNCC5)cc4F)ncc3F)cc21. The van der Waals surface area contributed by atoms with Crippen molar-refractivity contribution >= 4 is 23.0 Å². The highest BCUT2D eigenvalue weighted by atomic mass is 19.1.